The van der Waals surface area contributed by atoms with E-state index in [-0.39, 0.29) is 25.2 Å². The lowest BCUT2D eigenvalue weighted by Gasteiger charge is -2.20. The van der Waals surface area contributed by atoms with Crippen LogP contribution in [0.25, 0.3) is 11.6 Å². The van der Waals surface area contributed by atoms with Gasteiger partial charge in [0.15, 0.2) is 11.5 Å². The van der Waals surface area contributed by atoms with Gasteiger partial charge in [0.1, 0.15) is 30.5 Å². The number of benzene rings is 3. The standard InChI is InChI=1S/C28H30FNO6/c1-19(36-27-7-5-4-6-26(27)33-2)30-17-23(31)18-35-24-14-10-21(11-15-24)25(28(32)34-3)16-20-8-12-22(29)13-9-20/h4-16,19,23,30-31H,17-18H2,1-3H3. The number of methoxy groups -OCH3 is 2. The molecule has 8 heteroatoms. The quantitative estimate of drug-likeness (QED) is 0.168. The number of carbonyl (C=O) groups is 1. The van der Waals surface area contributed by atoms with Crippen LogP contribution in [0.4, 0.5) is 4.39 Å². The van der Waals surface area contributed by atoms with Gasteiger partial charge in [0.05, 0.1) is 19.8 Å². The van der Waals surface area contributed by atoms with Crippen LogP contribution in [0.15, 0.2) is 72.8 Å². The van der Waals surface area contributed by atoms with Gasteiger partial charge in [0.2, 0.25) is 0 Å². The molecule has 0 amide bonds. The van der Waals surface area contributed by atoms with Crippen LogP contribution >= 0.6 is 0 Å². The van der Waals surface area contributed by atoms with Crippen molar-refractivity contribution in [2.75, 3.05) is 27.4 Å². The summed E-state index contributed by atoms with van der Waals surface area (Å²) >= 11 is 0. The third-order valence-electron chi connectivity index (χ3n) is 5.21. The SMILES string of the molecule is COC(=O)C(=Cc1ccc(F)cc1)c1ccc(OCC(O)CNC(C)Oc2ccccc2OC)cc1. The van der Waals surface area contributed by atoms with Crippen molar-refractivity contribution < 1.29 is 33.2 Å². The summed E-state index contributed by atoms with van der Waals surface area (Å²) < 4.78 is 34.9. The van der Waals surface area contributed by atoms with E-state index in [4.69, 9.17) is 18.9 Å². The Labute approximate surface area is 210 Å². The summed E-state index contributed by atoms with van der Waals surface area (Å²) in [5.41, 5.74) is 1.60. The number of nitrogens with one attached hydrogen (secondary N) is 1. The second-order valence-electron chi connectivity index (χ2n) is 7.91. The van der Waals surface area contributed by atoms with Crippen LogP contribution < -0.4 is 19.5 Å². The highest BCUT2D eigenvalue weighted by molar-refractivity contribution is 6.21. The molecule has 2 atom stereocenters. The van der Waals surface area contributed by atoms with Gasteiger partial charge in [-0.15, -0.1) is 0 Å². The third kappa shape index (κ3) is 7.83. The summed E-state index contributed by atoms with van der Waals surface area (Å²) in [6.45, 7) is 2.14. The van der Waals surface area contributed by atoms with Gasteiger partial charge in [-0.05, 0) is 60.5 Å². The summed E-state index contributed by atoms with van der Waals surface area (Å²) in [7, 11) is 2.88. The summed E-state index contributed by atoms with van der Waals surface area (Å²) in [5, 5.41) is 13.4. The molecule has 2 N–H and O–H groups in total. The van der Waals surface area contributed by atoms with E-state index in [1.807, 2.05) is 25.1 Å². The minimum atomic E-state index is -0.780. The van der Waals surface area contributed by atoms with E-state index in [0.29, 0.717) is 33.9 Å². The fraction of sp³-hybridized carbons (Fsp3) is 0.250. The molecule has 3 aromatic carbocycles. The average Bonchev–Trinajstić information content (AvgIpc) is 2.90. The lowest BCUT2D eigenvalue weighted by atomic mass is 10.0. The lowest BCUT2D eigenvalue weighted by molar-refractivity contribution is -0.133. The van der Waals surface area contributed by atoms with Crippen LogP contribution in [0, 0.1) is 5.82 Å². The summed E-state index contributed by atoms with van der Waals surface area (Å²) in [6.07, 6.45) is 0.488. The maximum atomic E-state index is 13.2. The molecule has 0 spiro atoms. The first-order valence-corrected chi connectivity index (χ1v) is 11.4. The number of aliphatic hydroxyl groups is 1. The molecule has 0 aromatic heterocycles. The smallest absolute Gasteiger partial charge is 0.338 e. The lowest BCUT2D eigenvalue weighted by Crippen LogP contribution is -2.39. The normalized spacial score (nSPS) is 13.0. The average molecular weight is 496 g/mol. The molecule has 2 unspecified atom stereocenters. The first-order valence-electron chi connectivity index (χ1n) is 11.4. The number of esters is 1. The highest BCUT2D eigenvalue weighted by Crippen LogP contribution is 2.26. The van der Waals surface area contributed by atoms with E-state index in [1.54, 1.807) is 55.7 Å². The van der Waals surface area contributed by atoms with Crippen molar-refractivity contribution in [3.8, 4) is 17.2 Å². The molecule has 7 nitrogen and oxygen atoms in total. The molecule has 0 fully saturated rings. The minimum absolute atomic E-state index is 0.0585. The predicted molar refractivity (Wildman–Crippen MR) is 135 cm³/mol. The number of hydrogen-bond acceptors (Lipinski definition) is 7. The van der Waals surface area contributed by atoms with Crippen molar-refractivity contribution in [3.05, 3.63) is 89.7 Å². The van der Waals surface area contributed by atoms with Crippen molar-refractivity contribution in [1.82, 2.24) is 5.32 Å². The third-order valence-corrected chi connectivity index (χ3v) is 5.21. The highest BCUT2D eigenvalue weighted by Gasteiger charge is 2.14. The van der Waals surface area contributed by atoms with Gasteiger partial charge in [-0.1, -0.05) is 36.4 Å². The van der Waals surface area contributed by atoms with Crippen LogP contribution in [-0.4, -0.2) is 50.8 Å². The largest absolute Gasteiger partial charge is 0.493 e. The van der Waals surface area contributed by atoms with Crippen LogP contribution in [0.3, 0.4) is 0 Å². The van der Waals surface area contributed by atoms with Gasteiger partial charge in [0, 0.05) is 6.54 Å². The van der Waals surface area contributed by atoms with Gasteiger partial charge >= 0.3 is 5.97 Å². The van der Waals surface area contributed by atoms with Crippen LogP contribution in [0.1, 0.15) is 18.1 Å². The summed E-state index contributed by atoms with van der Waals surface area (Å²) in [5.74, 6) is 0.886. The summed E-state index contributed by atoms with van der Waals surface area (Å²) in [6, 6.07) is 20.0. The fourth-order valence-electron chi connectivity index (χ4n) is 3.33. The van der Waals surface area contributed by atoms with Crippen LogP contribution in [0.5, 0.6) is 17.2 Å². The fourth-order valence-corrected chi connectivity index (χ4v) is 3.33. The van der Waals surface area contributed by atoms with Crippen molar-refractivity contribution in [2.45, 2.75) is 19.3 Å². The van der Waals surface area contributed by atoms with E-state index >= 15 is 0 Å². The Morgan fingerprint density at radius 2 is 1.67 bits per heavy atom. The van der Waals surface area contributed by atoms with Gasteiger partial charge in [-0.2, -0.15) is 0 Å². The Morgan fingerprint density at radius 3 is 2.31 bits per heavy atom. The van der Waals surface area contributed by atoms with E-state index in [0.717, 1.165) is 0 Å². The first kappa shape index (κ1) is 26.7. The molecule has 190 valence electrons. The van der Waals surface area contributed by atoms with E-state index in [9.17, 15) is 14.3 Å². The molecule has 3 aromatic rings. The zero-order valence-electron chi connectivity index (χ0n) is 20.4. The molecule has 0 saturated carbocycles. The molecule has 36 heavy (non-hydrogen) atoms. The van der Waals surface area contributed by atoms with E-state index < -0.39 is 12.1 Å². The van der Waals surface area contributed by atoms with Crippen molar-refractivity contribution in [2.24, 2.45) is 0 Å². The first-order chi connectivity index (χ1) is 17.4. The van der Waals surface area contributed by atoms with Gasteiger partial charge < -0.3 is 24.1 Å². The minimum Gasteiger partial charge on any atom is -0.493 e. The van der Waals surface area contributed by atoms with Gasteiger partial charge in [-0.25, -0.2) is 9.18 Å². The number of rotatable bonds is 12. The number of aliphatic hydroxyl groups excluding tert-OH is 1. The Bertz CT molecular complexity index is 1150. The van der Waals surface area contributed by atoms with E-state index in [1.165, 1.54) is 19.2 Å². The zero-order chi connectivity index (χ0) is 25.9. The molecule has 0 saturated heterocycles. The van der Waals surface area contributed by atoms with Gasteiger partial charge in [-0.3, -0.25) is 5.32 Å². The molecular formula is C28H30FNO6. The predicted octanol–water partition coefficient (Wildman–Crippen LogP) is 4.30. The number of hydrogen-bond donors (Lipinski definition) is 2. The number of ether oxygens (including phenoxy) is 4. The second-order valence-corrected chi connectivity index (χ2v) is 7.91. The Hall–Kier alpha value is -3.88. The maximum Gasteiger partial charge on any atom is 0.338 e. The second kappa shape index (κ2) is 13.3. The summed E-state index contributed by atoms with van der Waals surface area (Å²) in [4.78, 5) is 12.3. The molecule has 0 heterocycles. The maximum absolute atomic E-state index is 13.2. The van der Waals surface area contributed by atoms with Gasteiger partial charge in [0.25, 0.3) is 0 Å². The zero-order valence-corrected chi connectivity index (χ0v) is 20.4. The number of carbonyl (C=O) groups excluding carboxylic acids is 1. The molecule has 0 radical (unpaired) electrons. The van der Waals surface area contributed by atoms with Crippen molar-refractivity contribution >= 4 is 17.6 Å². The topological polar surface area (TPSA) is 86.3 Å². The molecule has 0 aliphatic heterocycles. The highest BCUT2D eigenvalue weighted by atomic mass is 19.1. The monoisotopic (exact) mass is 495 g/mol. The Morgan fingerprint density at radius 1 is 1.00 bits per heavy atom. The van der Waals surface area contributed by atoms with Crippen LogP contribution in [0.2, 0.25) is 0 Å². The number of halogens is 1. The molecular weight excluding hydrogens is 465 g/mol. The Kier molecular flexibility index (Phi) is 9.85. The molecule has 3 rings (SSSR count). The molecule has 0 bridgehead atoms. The van der Waals surface area contributed by atoms with Crippen molar-refractivity contribution in [1.29, 1.82) is 0 Å². The number of para-hydroxylation sites is 2. The Balaban J connectivity index is 1.53. The molecule has 0 aliphatic carbocycles. The van der Waals surface area contributed by atoms with E-state index in [2.05, 4.69) is 5.32 Å². The van der Waals surface area contributed by atoms with Crippen molar-refractivity contribution in [3.63, 3.8) is 0 Å². The van der Waals surface area contributed by atoms with Crippen LogP contribution in [-0.2, 0) is 9.53 Å². The molecule has 0 aliphatic rings.